The van der Waals surface area contributed by atoms with Crippen LogP contribution in [0.4, 0.5) is 5.69 Å². The Morgan fingerprint density at radius 1 is 0.968 bits per heavy atom. The minimum absolute atomic E-state index is 0.268. The molecule has 0 atom stereocenters. The first-order valence-corrected chi connectivity index (χ1v) is 9.02. The number of carbonyl (C=O) groups is 4. The second kappa shape index (κ2) is 11.0. The highest BCUT2D eigenvalue weighted by atomic mass is 16.5. The standard InChI is InChI=1S/C20H21N5O6/c1-2-30-16-9-12(3-8-15(16)31-11-17(21)26)10-23-25-20(29)19(28)24-14-6-4-13(5-7-14)18(22)27/h3-10H,2,11H2,1H3,(H2,21,26)(H2,22,27)(H,24,28)(H,25,29)/b23-10+. The summed E-state index contributed by atoms with van der Waals surface area (Å²) in [5.41, 5.74) is 13.4. The predicted molar refractivity (Wildman–Crippen MR) is 112 cm³/mol. The van der Waals surface area contributed by atoms with Crippen molar-refractivity contribution in [3.8, 4) is 11.5 Å². The topological polar surface area (TPSA) is 175 Å². The van der Waals surface area contributed by atoms with Crippen LogP contribution < -0.4 is 31.7 Å². The molecule has 0 unspecified atom stereocenters. The molecule has 0 spiro atoms. The second-order valence-electron chi connectivity index (χ2n) is 5.99. The van der Waals surface area contributed by atoms with E-state index in [1.165, 1.54) is 30.5 Å². The van der Waals surface area contributed by atoms with Gasteiger partial charge in [-0.25, -0.2) is 5.43 Å². The van der Waals surface area contributed by atoms with Gasteiger partial charge in [0.1, 0.15) is 0 Å². The van der Waals surface area contributed by atoms with Crippen molar-refractivity contribution in [1.29, 1.82) is 0 Å². The van der Waals surface area contributed by atoms with E-state index < -0.39 is 23.6 Å². The van der Waals surface area contributed by atoms with Gasteiger partial charge in [0.25, 0.3) is 5.91 Å². The maximum absolute atomic E-state index is 11.9. The van der Waals surface area contributed by atoms with E-state index in [2.05, 4.69) is 15.8 Å². The molecule has 0 fully saturated rings. The van der Waals surface area contributed by atoms with E-state index in [1.54, 1.807) is 25.1 Å². The van der Waals surface area contributed by atoms with E-state index in [-0.39, 0.29) is 12.2 Å². The number of hydrazone groups is 1. The van der Waals surface area contributed by atoms with Gasteiger partial charge in [0.2, 0.25) is 5.91 Å². The Balaban J connectivity index is 1.96. The molecule has 11 nitrogen and oxygen atoms in total. The number of primary amides is 2. The average Bonchev–Trinajstić information content (AvgIpc) is 2.73. The molecule has 0 aliphatic rings. The van der Waals surface area contributed by atoms with Crippen LogP contribution in [0.1, 0.15) is 22.8 Å². The quantitative estimate of drug-likeness (QED) is 0.251. The average molecular weight is 427 g/mol. The number of benzene rings is 2. The molecule has 0 saturated heterocycles. The Morgan fingerprint density at radius 3 is 2.29 bits per heavy atom. The summed E-state index contributed by atoms with van der Waals surface area (Å²) in [6.45, 7) is 1.83. The first-order valence-electron chi connectivity index (χ1n) is 9.02. The van der Waals surface area contributed by atoms with Gasteiger partial charge >= 0.3 is 11.8 Å². The smallest absolute Gasteiger partial charge is 0.329 e. The van der Waals surface area contributed by atoms with Crippen molar-refractivity contribution in [2.45, 2.75) is 6.92 Å². The summed E-state index contributed by atoms with van der Waals surface area (Å²) in [6, 6.07) is 10.4. The molecule has 2 aromatic carbocycles. The molecule has 162 valence electrons. The molecule has 11 heteroatoms. The largest absolute Gasteiger partial charge is 0.490 e. The maximum Gasteiger partial charge on any atom is 0.329 e. The molecule has 31 heavy (non-hydrogen) atoms. The van der Waals surface area contributed by atoms with Crippen LogP contribution in [0.2, 0.25) is 0 Å². The highest BCUT2D eigenvalue weighted by molar-refractivity contribution is 6.39. The van der Waals surface area contributed by atoms with Crippen LogP contribution in [-0.2, 0) is 14.4 Å². The number of nitrogens with one attached hydrogen (secondary N) is 2. The van der Waals surface area contributed by atoms with Crippen LogP contribution in [-0.4, -0.2) is 43.1 Å². The number of carbonyl (C=O) groups excluding carboxylic acids is 4. The lowest BCUT2D eigenvalue weighted by Gasteiger charge is -2.11. The van der Waals surface area contributed by atoms with Crippen LogP contribution >= 0.6 is 0 Å². The fourth-order valence-corrected chi connectivity index (χ4v) is 2.26. The highest BCUT2D eigenvalue weighted by Gasteiger charge is 2.13. The van der Waals surface area contributed by atoms with E-state index in [1.807, 2.05) is 0 Å². The van der Waals surface area contributed by atoms with Gasteiger partial charge in [0, 0.05) is 11.3 Å². The Hall–Kier alpha value is -4.41. The zero-order valence-corrected chi connectivity index (χ0v) is 16.6. The molecule has 0 saturated carbocycles. The third-order valence-electron chi connectivity index (χ3n) is 3.65. The fraction of sp³-hybridized carbons (Fsp3) is 0.150. The number of hydrogen-bond acceptors (Lipinski definition) is 7. The molecule has 0 radical (unpaired) electrons. The summed E-state index contributed by atoms with van der Waals surface area (Å²) in [5.74, 6) is -2.50. The normalized spacial score (nSPS) is 10.4. The van der Waals surface area contributed by atoms with Crippen molar-refractivity contribution < 1.29 is 28.7 Å². The summed E-state index contributed by atoms with van der Waals surface area (Å²) < 4.78 is 10.7. The summed E-state index contributed by atoms with van der Waals surface area (Å²) in [7, 11) is 0. The summed E-state index contributed by atoms with van der Waals surface area (Å²) in [5, 5.41) is 6.09. The molecule has 0 bridgehead atoms. The van der Waals surface area contributed by atoms with Gasteiger partial charge in [0.05, 0.1) is 12.8 Å². The molecule has 0 aliphatic heterocycles. The Morgan fingerprint density at radius 2 is 1.68 bits per heavy atom. The Bertz CT molecular complexity index is 1000. The van der Waals surface area contributed by atoms with Gasteiger partial charge in [-0.15, -0.1) is 0 Å². The van der Waals surface area contributed by atoms with Gasteiger partial charge < -0.3 is 26.3 Å². The number of amides is 4. The monoisotopic (exact) mass is 427 g/mol. The third-order valence-corrected chi connectivity index (χ3v) is 3.65. The third kappa shape index (κ3) is 7.16. The lowest BCUT2D eigenvalue weighted by molar-refractivity contribution is -0.136. The summed E-state index contributed by atoms with van der Waals surface area (Å²) in [4.78, 5) is 45.7. The molecule has 2 rings (SSSR count). The minimum atomic E-state index is -0.998. The number of anilines is 1. The number of ether oxygens (including phenoxy) is 2. The number of nitrogens with zero attached hydrogens (tertiary/aromatic N) is 1. The van der Waals surface area contributed by atoms with Crippen LogP contribution in [0.15, 0.2) is 47.6 Å². The van der Waals surface area contributed by atoms with Crippen LogP contribution in [0, 0.1) is 0 Å². The molecule has 4 amide bonds. The summed E-state index contributed by atoms with van der Waals surface area (Å²) in [6.07, 6.45) is 1.30. The lowest BCUT2D eigenvalue weighted by atomic mass is 10.2. The van der Waals surface area contributed by atoms with Crippen molar-refractivity contribution in [2.24, 2.45) is 16.6 Å². The SMILES string of the molecule is CCOc1cc(/C=N/NC(=O)C(=O)Nc2ccc(C(N)=O)cc2)ccc1OCC(N)=O. The van der Waals surface area contributed by atoms with E-state index in [9.17, 15) is 19.2 Å². The zero-order valence-electron chi connectivity index (χ0n) is 16.6. The van der Waals surface area contributed by atoms with Crippen molar-refractivity contribution in [3.63, 3.8) is 0 Å². The van der Waals surface area contributed by atoms with Crippen LogP contribution in [0.3, 0.4) is 0 Å². The van der Waals surface area contributed by atoms with Gasteiger partial charge in [0.15, 0.2) is 18.1 Å². The Labute approximate surface area is 177 Å². The molecule has 2 aromatic rings. The van der Waals surface area contributed by atoms with Gasteiger partial charge in [-0.05, 0) is 55.0 Å². The highest BCUT2D eigenvalue weighted by Crippen LogP contribution is 2.28. The molecule has 6 N–H and O–H groups in total. The molecule has 0 aliphatic carbocycles. The van der Waals surface area contributed by atoms with Gasteiger partial charge in [-0.2, -0.15) is 5.10 Å². The van der Waals surface area contributed by atoms with Crippen LogP contribution in [0.5, 0.6) is 11.5 Å². The number of hydrogen-bond donors (Lipinski definition) is 4. The second-order valence-corrected chi connectivity index (χ2v) is 5.99. The first-order chi connectivity index (χ1) is 14.8. The predicted octanol–water partition coefficient (Wildman–Crippen LogP) is 0.137. The van der Waals surface area contributed by atoms with E-state index >= 15 is 0 Å². The maximum atomic E-state index is 11.9. The van der Waals surface area contributed by atoms with E-state index in [0.29, 0.717) is 29.4 Å². The molecular formula is C20H21N5O6. The van der Waals surface area contributed by atoms with Crippen molar-refractivity contribution in [1.82, 2.24) is 5.43 Å². The van der Waals surface area contributed by atoms with Gasteiger partial charge in [-0.3, -0.25) is 19.2 Å². The van der Waals surface area contributed by atoms with Crippen molar-refractivity contribution in [2.75, 3.05) is 18.5 Å². The zero-order chi connectivity index (χ0) is 22.8. The van der Waals surface area contributed by atoms with Gasteiger partial charge in [-0.1, -0.05) is 0 Å². The Kier molecular flexibility index (Phi) is 8.08. The van der Waals surface area contributed by atoms with E-state index in [4.69, 9.17) is 20.9 Å². The molecular weight excluding hydrogens is 406 g/mol. The molecule has 0 aromatic heterocycles. The number of nitrogens with two attached hydrogens (primary N) is 2. The van der Waals surface area contributed by atoms with Crippen LogP contribution in [0.25, 0.3) is 0 Å². The fourth-order valence-electron chi connectivity index (χ4n) is 2.26. The summed E-state index contributed by atoms with van der Waals surface area (Å²) >= 11 is 0. The minimum Gasteiger partial charge on any atom is -0.490 e. The first kappa shape index (κ1) is 22.9. The lowest BCUT2D eigenvalue weighted by Crippen LogP contribution is -2.32. The van der Waals surface area contributed by atoms with Crippen molar-refractivity contribution >= 4 is 35.5 Å². The van der Waals surface area contributed by atoms with E-state index in [0.717, 1.165) is 0 Å². The number of rotatable bonds is 9. The van der Waals surface area contributed by atoms with Crippen molar-refractivity contribution in [3.05, 3.63) is 53.6 Å². The molecule has 0 heterocycles.